The van der Waals surface area contributed by atoms with E-state index in [1.54, 1.807) is 25.2 Å². The molecular formula is C33H36FN5O5S. The van der Waals surface area contributed by atoms with E-state index < -0.39 is 27.0 Å². The summed E-state index contributed by atoms with van der Waals surface area (Å²) in [5.41, 5.74) is 9.06. The van der Waals surface area contributed by atoms with Gasteiger partial charge < -0.3 is 20.7 Å². The molecule has 1 aromatic heterocycles. The molecule has 0 aliphatic heterocycles. The average Bonchev–Trinajstić information content (AvgIpc) is 3.85. The molecule has 1 atom stereocenters. The fourth-order valence-corrected chi connectivity index (χ4v) is 7.11. The highest BCUT2D eigenvalue weighted by Crippen LogP contribution is 2.36. The molecule has 2 amide bonds. The van der Waals surface area contributed by atoms with Crippen LogP contribution in [0.15, 0.2) is 71.8 Å². The highest BCUT2D eigenvalue weighted by Gasteiger charge is 2.38. The summed E-state index contributed by atoms with van der Waals surface area (Å²) in [6.45, 7) is 3.92. The fourth-order valence-electron chi connectivity index (χ4n) is 5.25. The highest BCUT2D eigenvalue weighted by molar-refractivity contribution is 7.92. The van der Waals surface area contributed by atoms with E-state index >= 15 is 0 Å². The number of aromatic nitrogens is 1. The normalized spacial score (nSPS) is 13.7. The Morgan fingerprint density at radius 3 is 2.60 bits per heavy atom. The summed E-state index contributed by atoms with van der Waals surface area (Å²) >= 11 is 0. The lowest BCUT2D eigenvalue weighted by Crippen LogP contribution is -2.32. The summed E-state index contributed by atoms with van der Waals surface area (Å²) in [7, 11) is -2.06. The van der Waals surface area contributed by atoms with Crippen LogP contribution in [0.5, 0.6) is 0 Å². The molecule has 0 unspecified atom stereocenters. The number of ether oxygens (including phenoxy) is 1. The van der Waals surface area contributed by atoms with Gasteiger partial charge in [0, 0.05) is 37.1 Å². The summed E-state index contributed by atoms with van der Waals surface area (Å²) in [6, 6.07) is 16.9. The molecule has 0 saturated heterocycles. The van der Waals surface area contributed by atoms with E-state index in [1.807, 2.05) is 38.1 Å². The first-order chi connectivity index (χ1) is 21.4. The van der Waals surface area contributed by atoms with E-state index in [0.29, 0.717) is 35.2 Å². The summed E-state index contributed by atoms with van der Waals surface area (Å²) in [4.78, 5) is 31.1. The Balaban J connectivity index is 1.27. The molecular weight excluding hydrogens is 597 g/mol. The number of anilines is 3. The molecule has 0 radical (unpaired) electrons. The zero-order valence-electron chi connectivity index (χ0n) is 25.3. The Kier molecular flexibility index (Phi) is 9.24. The predicted octanol–water partition coefficient (Wildman–Crippen LogP) is 5.62. The van der Waals surface area contributed by atoms with Crippen LogP contribution in [0.4, 0.5) is 26.4 Å². The second kappa shape index (κ2) is 13.1. The number of aryl methyl sites for hydroxylation is 1. The van der Waals surface area contributed by atoms with Gasteiger partial charge in [0.2, 0.25) is 5.91 Å². The van der Waals surface area contributed by atoms with E-state index in [4.69, 9.17) is 10.5 Å². The van der Waals surface area contributed by atoms with Gasteiger partial charge in [-0.1, -0.05) is 31.2 Å². The van der Waals surface area contributed by atoms with E-state index in [1.165, 1.54) is 29.3 Å². The molecule has 1 heterocycles. The summed E-state index contributed by atoms with van der Waals surface area (Å²) in [5.74, 6) is -0.870. The number of nitrogens with one attached hydrogen (secondary N) is 2. The van der Waals surface area contributed by atoms with Crippen LogP contribution in [-0.2, 0) is 25.9 Å². The number of hydrogen-bond donors (Lipinski definition) is 3. The standard InChI is InChI=1S/C33H36FN5O5S/c1-20-6-4-5-7-27(20)21(2)19-44-33(41)38-24-8-11-29(45(42,43)26-9-10-26)23(15-24)18-39(3)30(40)17-37-25-14-22-12-13-36-32(35)31(22)28(34)16-25/h4-8,11-16,21,26,37H,9-10,17-19H2,1-3H3,(H2,35,36)(H,38,41)/t21-/m0/s1. The lowest BCUT2D eigenvalue weighted by Gasteiger charge is -2.21. The van der Waals surface area contributed by atoms with Crippen molar-refractivity contribution in [1.29, 1.82) is 0 Å². The summed E-state index contributed by atoms with van der Waals surface area (Å²) in [6.07, 6.45) is 1.96. The number of amides is 2. The van der Waals surface area contributed by atoms with Crippen molar-refractivity contribution in [3.8, 4) is 0 Å². The SMILES string of the molecule is Cc1ccccc1[C@@H](C)COC(=O)Nc1ccc(S(=O)(=O)C2CC2)c(CN(C)C(=O)CNc2cc(F)c3c(N)nccc3c2)c1. The second-order valence-corrected chi connectivity index (χ2v) is 13.6. The fraction of sp³-hybridized carbons (Fsp3) is 0.303. The molecule has 0 bridgehead atoms. The molecule has 1 aliphatic carbocycles. The molecule has 0 spiro atoms. The van der Waals surface area contributed by atoms with Gasteiger partial charge in [-0.05, 0) is 78.2 Å². The summed E-state index contributed by atoms with van der Waals surface area (Å²) < 4.78 is 46.6. The van der Waals surface area contributed by atoms with Crippen molar-refractivity contribution in [2.24, 2.45) is 0 Å². The Bertz CT molecular complexity index is 1860. The van der Waals surface area contributed by atoms with Gasteiger partial charge in [-0.3, -0.25) is 10.1 Å². The monoisotopic (exact) mass is 633 g/mol. The number of hydrogen-bond acceptors (Lipinski definition) is 8. The average molecular weight is 634 g/mol. The molecule has 12 heteroatoms. The van der Waals surface area contributed by atoms with Gasteiger partial charge in [0.05, 0.1) is 28.7 Å². The molecule has 3 aromatic carbocycles. The molecule has 1 saturated carbocycles. The van der Waals surface area contributed by atoms with Crippen LogP contribution in [0, 0.1) is 12.7 Å². The van der Waals surface area contributed by atoms with Crippen LogP contribution >= 0.6 is 0 Å². The number of nitrogens with two attached hydrogens (primary N) is 1. The molecule has 1 aliphatic rings. The van der Waals surface area contributed by atoms with E-state index in [2.05, 4.69) is 15.6 Å². The van der Waals surface area contributed by atoms with Crippen LogP contribution in [0.3, 0.4) is 0 Å². The van der Waals surface area contributed by atoms with Crippen molar-refractivity contribution < 1.29 is 27.1 Å². The minimum Gasteiger partial charge on any atom is -0.449 e. The minimum atomic E-state index is -3.61. The smallest absolute Gasteiger partial charge is 0.411 e. The number of nitrogen functional groups attached to an aromatic ring is 1. The topological polar surface area (TPSA) is 144 Å². The van der Waals surface area contributed by atoms with Gasteiger partial charge >= 0.3 is 6.09 Å². The van der Waals surface area contributed by atoms with E-state index in [-0.39, 0.29) is 47.6 Å². The highest BCUT2D eigenvalue weighted by atomic mass is 32.2. The van der Waals surface area contributed by atoms with Crippen molar-refractivity contribution in [3.05, 3.63) is 89.4 Å². The molecule has 4 N–H and O–H groups in total. The quantitative estimate of drug-likeness (QED) is 0.193. The predicted molar refractivity (Wildman–Crippen MR) is 172 cm³/mol. The van der Waals surface area contributed by atoms with Crippen LogP contribution in [0.2, 0.25) is 0 Å². The van der Waals surface area contributed by atoms with Gasteiger partial charge in [0.25, 0.3) is 0 Å². The number of halogens is 1. The lowest BCUT2D eigenvalue weighted by atomic mass is 9.97. The third kappa shape index (κ3) is 7.34. The Labute approximate surface area is 261 Å². The van der Waals surface area contributed by atoms with Crippen molar-refractivity contribution in [1.82, 2.24) is 9.88 Å². The number of carbonyl (C=O) groups is 2. The second-order valence-electron chi connectivity index (χ2n) is 11.4. The Morgan fingerprint density at radius 2 is 1.87 bits per heavy atom. The number of rotatable bonds is 11. The number of pyridine rings is 1. The number of sulfone groups is 1. The largest absolute Gasteiger partial charge is 0.449 e. The molecule has 10 nitrogen and oxygen atoms in total. The van der Waals surface area contributed by atoms with Gasteiger partial charge in [0.1, 0.15) is 11.6 Å². The number of carbonyl (C=O) groups excluding carboxylic acids is 2. The number of likely N-dealkylation sites (N-methyl/N-ethyl adjacent to an activating group) is 1. The van der Waals surface area contributed by atoms with Crippen LogP contribution in [0.1, 0.15) is 42.4 Å². The van der Waals surface area contributed by atoms with Gasteiger partial charge in [-0.2, -0.15) is 0 Å². The van der Waals surface area contributed by atoms with Crippen LogP contribution in [0.25, 0.3) is 10.8 Å². The molecule has 5 rings (SSSR count). The van der Waals surface area contributed by atoms with Gasteiger partial charge in [-0.15, -0.1) is 0 Å². The Morgan fingerprint density at radius 1 is 1.11 bits per heavy atom. The van der Waals surface area contributed by atoms with Crippen molar-refractivity contribution in [3.63, 3.8) is 0 Å². The van der Waals surface area contributed by atoms with Crippen LogP contribution < -0.4 is 16.4 Å². The maximum absolute atomic E-state index is 14.7. The lowest BCUT2D eigenvalue weighted by molar-refractivity contribution is -0.128. The third-order valence-corrected chi connectivity index (χ3v) is 10.2. The first-order valence-electron chi connectivity index (χ1n) is 14.6. The van der Waals surface area contributed by atoms with Gasteiger partial charge in [-0.25, -0.2) is 22.6 Å². The third-order valence-electron chi connectivity index (χ3n) is 7.88. The number of fused-ring (bicyclic) bond motifs is 1. The van der Waals surface area contributed by atoms with Crippen molar-refractivity contribution in [2.45, 2.75) is 49.3 Å². The van der Waals surface area contributed by atoms with E-state index in [0.717, 1.165) is 11.1 Å². The van der Waals surface area contributed by atoms with Crippen molar-refractivity contribution >= 4 is 49.8 Å². The summed E-state index contributed by atoms with van der Waals surface area (Å²) in [5, 5.41) is 5.89. The minimum absolute atomic E-state index is 0.0203. The zero-order chi connectivity index (χ0) is 32.3. The maximum atomic E-state index is 14.7. The maximum Gasteiger partial charge on any atom is 0.411 e. The first-order valence-corrected chi connectivity index (χ1v) is 16.2. The molecule has 45 heavy (non-hydrogen) atoms. The van der Waals surface area contributed by atoms with Crippen LogP contribution in [-0.4, -0.2) is 55.8 Å². The number of nitrogens with zero attached hydrogens (tertiary/aromatic N) is 2. The number of benzene rings is 3. The first kappa shape index (κ1) is 31.7. The van der Waals surface area contributed by atoms with Crippen molar-refractivity contribution in [2.75, 3.05) is 36.6 Å². The Hall–Kier alpha value is -4.71. The molecule has 4 aromatic rings. The zero-order valence-corrected chi connectivity index (χ0v) is 26.2. The molecule has 1 fully saturated rings. The van der Waals surface area contributed by atoms with Gasteiger partial charge in [0.15, 0.2) is 9.84 Å². The van der Waals surface area contributed by atoms with E-state index in [9.17, 15) is 22.4 Å². The molecule has 236 valence electrons.